The van der Waals surface area contributed by atoms with E-state index in [0.717, 1.165) is 18.6 Å². The van der Waals surface area contributed by atoms with E-state index in [4.69, 9.17) is 4.74 Å². The molecule has 0 radical (unpaired) electrons. The van der Waals surface area contributed by atoms with Crippen LogP contribution in [0.4, 0.5) is 0 Å². The number of benzene rings is 1. The van der Waals surface area contributed by atoms with Gasteiger partial charge in [0, 0.05) is 6.04 Å². The number of methoxy groups -OCH3 is 1. The number of nitrogens with zero attached hydrogens (tertiary/aromatic N) is 3. The standard InChI is InChI=1S/C13H19N5O/c1-10(14-9-13-15-17-18-16-13)3-4-11-5-7-12(19-2)8-6-11/h5-8,10,14H,3-4,9H2,1-2H3,(H,15,16,17,18). The van der Waals surface area contributed by atoms with E-state index in [2.05, 4.69) is 45.0 Å². The van der Waals surface area contributed by atoms with Crippen molar-refractivity contribution in [3.63, 3.8) is 0 Å². The average molecular weight is 261 g/mol. The minimum absolute atomic E-state index is 0.403. The highest BCUT2D eigenvalue weighted by Gasteiger charge is 2.04. The number of aryl methyl sites for hydroxylation is 1. The van der Waals surface area contributed by atoms with Crippen LogP contribution in [0.15, 0.2) is 24.3 Å². The molecule has 0 aliphatic heterocycles. The first kappa shape index (κ1) is 13.5. The molecule has 2 N–H and O–H groups in total. The van der Waals surface area contributed by atoms with E-state index in [1.54, 1.807) is 7.11 Å². The average Bonchev–Trinajstić information content (AvgIpc) is 2.96. The van der Waals surface area contributed by atoms with E-state index in [1.165, 1.54) is 5.56 Å². The molecule has 1 unspecified atom stereocenters. The molecule has 19 heavy (non-hydrogen) atoms. The largest absolute Gasteiger partial charge is 0.497 e. The maximum absolute atomic E-state index is 5.14. The van der Waals surface area contributed by atoms with Crippen molar-refractivity contribution in [1.82, 2.24) is 25.9 Å². The predicted molar refractivity (Wildman–Crippen MR) is 71.8 cm³/mol. The fraction of sp³-hybridized carbons (Fsp3) is 0.462. The number of aromatic nitrogens is 4. The molecule has 0 saturated carbocycles. The van der Waals surface area contributed by atoms with Gasteiger partial charge >= 0.3 is 0 Å². The number of aromatic amines is 1. The Morgan fingerprint density at radius 3 is 2.74 bits per heavy atom. The van der Waals surface area contributed by atoms with Gasteiger partial charge in [-0.05, 0) is 37.5 Å². The molecule has 6 nitrogen and oxygen atoms in total. The van der Waals surface area contributed by atoms with Crippen LogP contribution in [0.5, 0.6) is 5.75 Å². The van der Waals surface area contributed by atoms with E-state index in [9.17, 15) is 0 Å². The molecule has 2 aromatic rings. The molecule has 0 amide bonds. The van der Waals surface area contributed by atoms with Crippen LogP contribution in [-0.4, -0.2) is 33.8 Å². The van der Waals surface area contributed by atoms with Crippen LogP contribution in [0.2, 0.25) is 0 Å². The fourth-order valence-corrected chi connectivity index (χ4v) is 1.80. The normalized spacial score (nSPS) is 12.3. The van der Waals surface area contributed by atoms with Crippen LogP contribution in [0, 0.1) is 0 Å². The lowest BCUT2D eigenvalue weighted by molar-refractivity contribution is 0.414. The van der Waals surface area contributed by atoms with Crippen molar-refractivity contribution in [2.75, 3.05) is 7.11 Å². The van der Waals surface area contributed by atoms with Gasteiger partial charge in [0.1, 0.15) is 5.75 Å². The van der Waals surface area contributed by atoms with Gasteiger partial charge in [0.2, 0.25) is 0 Å². The highest BCUT2D eigenvalue weighted by molar-refractivity contribution is 5.27. The smallest absolute Gasteiger partial charge is 0.188 e. The van der Waals surface area contributed by atoms with E-state index in [1.807, 2.05) is 12.1 Å². The van der Waals surface area contributed by atoms with E-state index in [-0.39, 0.29) is 0 Å². The molecule has 0 aliphatic carbocycles. The van der Waals surface area contributed by atoms with Gasteiger partial charge in [-0.1, -0.05) is 17.3 Å². The van der Waals surface area contributed by atoms with Crippen LogP contribution >= 0.6 is 0 Å². The first-order valence-electron chi connectivity index (χ1n) is 6.36. The van der Waals surface area contributed by atoms with Gasteiger partial charge in [-0.2, -0.15) is 5.21 Å². The summed E-state index contributed by atoms with van der Waals surface area (Å²) >= 11 is 0. The molecule has 1 atom stereocenters. The second-order valence-electron chi connectivity index (χ2n) is 4.50. The highest BCUT2D eigenvalue weighted by atomic mass is 16.5. The maximum atomic E-state index is 5.14. The van der Waals surface area contributed by atoms with Gasteiger partial charge in [0.15, 0.2) is 5.82 Å². The molecule has 0 saturated heterocycles. The Hall–Kier alpha value is -1.95. The SMILES string of the molecule is COc1ccc(CCC(C)NCc2nn[nH]n2)cc1. The minimum Gasteiger partial charge on any atom is -0.497 e. The summed E-state index contributed by atoms with van der Waals surface area (Å²) in [5.41, 5.74) is 1.31. The van der Waals surface area contributed by atoms with Crippen molar-refractivity contribution in [2.45, 2.75) is 32.4 Å². The summed E-state index contributed by atoms with van der Waals surface area (Å²) in [4.78, 5) is 0. The lowest BCUT2D eigenvalue weighted by Gasteiger charge is -2.12. The fourth-order valence-electron chi connectivity index (χ4n) is 1.80. The zero-order chi connectivity index (χ0) is 13.5. The van der Waals surface area contributed by atoms with Gasteiger partial charge in [-0.3, -0.25) is 0 Å². The molecule has 102 valence electrons. The molecule has 6 heteroatoms. The van der Waals surface area contributed by atoms with Crippen molar-refractivity contribution < 1.29 is 4.74 Å². The first-order valence-corrected chi connectivity index (χ1v) is 6.36. The summed E-state index contributed by atoms with van der Waals surface area (Å²) in [7, 11) is 1.68. The molecule has 2 rings (SSSR count). The Balaban J connectivity index is 1.71. The van der Waals surface area contributed by atoms with Crippen molar-refractivity contribution in [1.29, 1.82) is 0 Å². The summed E-state index contributed by atoms with van der Waals surface area (Å²) in [5.74, 6) is 1.59. The van der Waals surface area contributed by atoms with Crippen LogP contribution in [-0.2, 0) is 13.0 Å². The van der Waals surface area contributed by atoms with E-state index >= 15 is 0 Å². The number of hydrogen-bond donors (Lipinski definition) is 2. The summed E-state index contributed by atoms with van der Waals surface area (Å²) in [6, 6.07) is 8.59. The summed E-state index contributed by atoms with van der Waals surface area (Å²) in [5, 5.41) is 17.1. The molecule has 1 heterocycles. The quantitative estimate of drug-likeness (QED) is 0.786. The second-order valence-corrected chi connectivity index (χ2v) is 4.50. The Morgan fingerprint density at radius 2 is 2.11 bits per heavy atom. The zero-order valence-electron chi connectivity index (χ0n) is 11.3. The molecule has 0 bridgehead atoms. The summed E-state index contributed by atoms with van der Waals surface area (Å²) in [6.45, 7) is 2.80. The molecular weight excluding hydrogens is 242 g/mol. The highest BCUT2D eigenvalue weighted by Crippen LogP contribution is 2.13. The third kappa shape index (κ3) is 4.33. The van der Waals surface area contributed by atoms with Crippen LogP contribution in [0.1, 0.15) is 24.7 Å². The topological polar surface area (TPSA) is 75.7 Å². The molecular formula is C13H19N5O. The van der Waals surface area contributed by atoms with Crippen LogP contribution in [0.25, 0.3) is 0 Å². The van der Waals surface area contributed by atoms with Gasteiger partial charge in [0.05, 0.1) is 13.7 Å². The summed E-state index contributed by atoms with van der Waals surface area (Å²) < 4.78 is 5.14. The third-order valence-electron chi connectivity index (χ3n) is 3.02. The van der Waals surface area contributed by atoms with Crippen molar-refractivity contribution in [3.05, 3.63) is 35.7 Å². The zero-order valence-corrected chi connectivity index (χ0v) is 11.3. The van der Waals surface area contributed by atoms with Crippen LogP contribution < -0.4 is 10.1 Å². The monoisotopic (exact) mass is 261 g/mol. The Kier molecular flexibility index (Phi) is 4.85. The number of nitrogens with one attached hydrogen (secondary N) is 2. The van der Waals surface area contributed by atoms with Gasteiger partial charge < -0.3 is 10.1 Å². The lowest BCUT2D eigenvalue weighted by atomic mass is 10.1. The predicted octanol–water partition coefficient (Wildman–Crippen LogP) is 1.32. The Bertz CT molecular complexity index is 468. The molecule has 0 spiro atoms. The second kappa shape index (κ2) is 6.84. The van der Waals surface area contributed by atoms with Gasteiger partial charge in [-0.25, -0.2) is 0 Å². The van der Waals surface area contributed by atoms with Crippen molar-refractivity contribution in [3.8, 4) is 5.75 Å². The maximum Gasteiger partial charge on any atom is 0.188 e. The molecule has 0 fully saturated rings. The van der Waals surface area contributed by atoms with Gasteiger partial charge in [0.25, 0.3) is 0 Å². The number of rotatable bonds is 7. The molecule has 0 aliphatic rings. The Morgan fingerprint density at radius 1 is 1.32 bits per heavy atom. The van der Waals surface area contributed by atoms with Crippen LogP contribution in [0.3, 0.4) is 0 Å². The molecule has 1 aromatic heterocycles. The van der Waals surface area contributed by atoms with E-state index < -0.39 is 0 Å². The number of H-pyrrole nitrogens is 1. The first-order chi connectivity index (χ1) is 9.28. The number of tetrazole rings is 1. The lowest BCUT2D eigenvalue weighted by Crippen LogP contribution is -2.26. The number of hydrogen-bond acceptors (Lipinski definition) is 5. The minimum atomic E-state index is 0.403. The van der Waals surface area contributed by atoms with Crippen molar-refractivity contribution >= 4 is 0 Å². The molecule has 1 aromatic carbocycles. The Labute approximate surface area is 112 Å². The van der Waals surface area contributed by atoms with E-state index in [0.29, 0.717) is 18.4 Å². The van der Waals surface area contributed by atoms with Crippen molar-refractivity contribution in [2.24, 2.45) is 0 Å². The summed E-state index contributed by atoms with van der Waals surface area (Å²) in [6.07, 6.45) is 2.09. The number of ether oxygens (including phenoxy) is 1. The van der Waals surface area contributed by atoms with Gasteiger partial charge in [-0.15, -0.1) is 10.2 Å². The third-order valence-corrected chi connectivity index (χ3v) is 3.02.